The van der Waals surface area contributed by atoms with Gasteiger partial charge in [-0.05, 0) is 17.7 Å². The van der Waals surface area contributed by atoms with Crippen molar-refractivity contribution in [2.24, 2.45) is 0 Å². The van der Waals surface area contributed by atoms with Crippen LogP contribution in [0.2, 0.25) is 0 Å². The first-order valence-corrected chi connectivity index (χ1v) is 9.29. The smallest absolute Gasteiger partial charge is 0.261 e. The van der Waals surface area contributed by atoms with Crippen molar-refractivity contribution in [2.45, 2.75) is 6.54 Å². The summed E-state index contributed by atoms with van der Waals surface area (Å²) in [7, 11) is 0. The van der Waals surface area contributed by atoms with Crippen LogP contribution in [0.25, 0.3) is 11.4 Å². The number of hydrogen-bond acceptors (Lipinski definition) is 5. The predicted octanol–water partition coefficient (Wildman–Crippen LogP) is 3.80. The van der Waals surface area contributed by atoms with Gasteiger partial charge in [0.2, 0.25) is 5.95 Å². The fraction of sp³-hybridized carbons (Fsp3) is 0.0500. The Hall–Kier alpha value is -3.39. The van der Waals surface area contributed by atoms with Crippen LogP contribution in [-0.4, -0.2) is 30.6 Å². The topological polar surface area (TPSA) is 85.6 Å². The molecule has 1 N–H and O–H groups in total. The van der Waals surface area contributed by atoms with Crippen molar-refractivity contribution >= 4 is 27.8 Å². The van der Waals surface area contributed by atoms with Gasteiger partial charge in [-0.2, -0.15) is 0 Å². The van der Waals surface area contributed by atoms with Gasteiger partial charge in [-0.25, -0.2) is 19.6 Å². The Morgan fingerprint density at radius 1 is 0.964 bits per heavy atom. The molecule has 0 saturated carbocycles. The molecule has 0 aliphatic carbocycles. The molecule has 2 aromatic heterocycles. The van der Waals surface area contributed by atoms with Crippen molar-refractivity contribution in [1.29, 1.82) is 0 Å². The average Bonchev–Trinajstić information content (AvgIpc) is 3.17. The molecule has 28 heavy (non-hydrogen) atoms. The van der Waals surface area contributed by atoms with Gasteiger partial charge in [0.1, 0.15) is 6.33 Å². The van der Waals surface area contributed by atoms with Gasteiger partial charge in [0.05, 0.1) is 12.1 Å². The molecule has 0 saturated heterocycles. The molecule has 4 rings (SSSR count). The van der Waals surface area contributed by atoms with Gasteiger partial charge in [-0.15, -0.1) is 5.10 Å². The largest absolute Gasteiger partial charge is 0.289 e. The van der Waals surface area contributed by atoms with Crippen LogP contribution in [0.3, 0.4) is 0 Å². The first kappa shape index (κ1) is 18.0. The van der Waals surface area contributed by atoms with Crippen molar-refractivity contribution in [2.75, 3.05) is 5.32 Å². The number of amides is 1. The summed E-state index contributed by atoms with van der Waals surface area (Å²) in [6, 6.07) is 17.5. The number of rotatable bonds is 5. The lowest BCUT2D eigenvalue weighted by atomic mass is 10.2. The molecule has 1 amide bonds. The predicted molar refractivity (Wildman–Crippen MR) is 109 cm³/mol. The standard InChI is InChI=1S/C20H15BrN6O/c21-17-8-6-14(7-9-17)12-27-13-24-20(26-27)25-19(28)16-10-22-18(23-11-16)15-4-2-1-3-5-15/h1-11,13H,12H2,(H,25,26,28). The number of aromatic nitrogens is 5. The molecule has 138 valence electrons. The highest BCUT2D eigenvalue weighted by Gasteiger charge is 2.11. The van der Waals surface area contributed by atoms with E-state index >= 15 is 0 Å². The molecule has 0 radical (unpaired) electrons. The third-order valence-electron chi connectivity index (χ3n) is 3.97. The van der Waals surface area contributed by atoms with E-state index in [1.807, 2.05) is 54.6 Å². The molecule has 2 heterocycles. The maximum Gasteiger partial charge on any atom is 0.261 e. The Balaban J connectivity index is 1.41. The van der Waals surface area contributed by atoms with Crippen LogP contribution in [0.5, 0.6) is 0 Å². The number of nitrogens with one attached hydrogen (secondary N) is 1. The maximum absolute atomic E-state index is 12.4. The fourth-order valence-corrected chi connectivity index (χ4v) is 2.82. The number of hydrogen-bond donors (Lipinski definition) is 1. The van der Waals surface area contributed by atoms with Crippen molar-refractivity contribution in [1.82, 2.24) is 24.7 Å². The molecule has 0 unspecified atom stereocenters. The summed E-state index contributed by atoms with van der Waals surface area (Å²) in [6.07, 6.45) is 4.56. The maximum atomic E-state index is 12.4. The summed E-state index contributed by atoms with van der Waals surface area (Å²) in [5.74, 6) is 0.435. The van der Waals surface area contributed by atoms with Gasteiger partial charge in [-0.3, -0.25) is 10.1 Å². The molecule has 0 bridgehead atoms. The van der Waals surface area contributed by atoms with E-state index in [9.17, 15) is 4.79 Å². The average molecular weight is 435 g/mol. The second-order valence-corrected chi connectivity index (χ2v) is 6.92. The monoisotopic (exact) mass is 434 g/mol. The van der Waals surface area contributed by atoms with Crippen molar-refractivity contribution in [3.05, 3.63) is 88.9 Å². The van der Waals surface area contributed by atoms with Crippen LogP contribution < -0.4 is 5.32 Å². The Morgan fingerprint density at radius 3 is 2.39 bits per heavy atom. The number of halogens is 1. The van der Waals surface area contributed by atoms with E-state index in [0.717, 1.165) is 15.6 Å². The molecule has 0 spiro atoms. The first-order valence-electron chi connectivity index (χ1n) is 8.50. The highest BCUT2D eigenvalue weighted by molar-refractivity contribution is 9.10. The minimum atomic E-state index is -0.360. The van der Waals surface area contributed by atoms with Gasteiger partial charge < -0.3 is 0 Å². The molecule has 8 heteroatoms. The molecule has 7 nitrogen and oxygen atoms in total. The number of nitrogens with zero attached hydrogens (tertiary/aromatic N) is 5. The van der Waals surface area contributed by atoms with Gasteiger partial charge in [0, 0.05) is 22.4 Å². The highest BCUT2D eigenvalue weighted by Crippen LogP contribution is 2.14. The van der Waals surface area contributed by atoms with E-state index in [2.05, 4.69) is 41.3 Å². The normalized spacial score (nSPS) is 10.6. The zero-order valence-electron chi connectivity index (χ0n) is 14.7. The van der Waals surface area contributed by atoms with E-state index in [4.69, 9.17) is 0 Å². The molecule has 0 aliphatic rings. The molecule has 2 aromatic carbocycles. The van der Waals surface area contributed by atoms with E-state index in [1.54, 1.807) is 11.0 Å². The first-order chi connectivity index (χ1) is 13.7. The van der Waals surface area contributed by atoms with Gasteiger partial charge >= 0.3 is 0 Å². The highest BCUT2D eigenvalue weighted by atomic mass is 79.9. The summed E-state index contributed by atoms with van der Waals surface area (Å²) >= 11 is 3.41. The minimum Gasteiger partial charge on any atom is -0.289 e. The summed E-state index contributed by atoms with van der Waals surface area (Å²) in [5.41, 5.74) is 2.31. The molecule has 4 aromatic rings. The fourth-order valence-electron chi connectivity index (χ4n) is 2.56. The lowest BCUT2D eigenvalue weighted by Crippen LogP contribution is -2.14. The molecule has 0 fully saturated rings. The zero-order chi connectivity index (χ0) is 19.3. The summed E-state index contributed by atoms with van der Waals surface area (Å²) in [6.45, 7) is 0.561. The van der Waals surface area contributed by atoms with Crippen LogP contribution in [0.1, 0.15) is 15.9 Å². The quantitative estimate of drug-likeness (QED) is 0.516. The van der Waals surface area contributed by atoms with Crippen molar-refractivity contribution in [3.63, 3.8) is 0 Å². The number of carbonyl (C=O) groups excluding carboxylic acids is 1. The minimum absolute atomic E-state index is 0.231. The van der Waals surface area contributed by atoms with Crippen LogP contribution in [0, 0.1) is 0 Å². The third kappa shape index (κ3) is 4.29. The Labute approximate surface area is 169 Å². The second-order valence-electron chi connectivity index (χ2n) is 6.01. The molecule has 0 aliphatic heterocycles. The summed E-state index contributed by atoms with van der Waals surface area (Å²) in [5, 5.41) is 6.94. The lowest BCUT2D eigenvalue weighted by Gasteiger charge is -2.03. The van der Waals surface area contributed by atoms with Gasteiger partial charge in [0.15, 0.2) is 5.82 Å². The SMILES string of the molecule is O=C(Nc1ncn(Cc2ccc(Br)cc2)n1)c1cnc(-c2ccccc2)nc1. The second kappa shape index (κ2) is 8.10. The van der Waals surface area contributed by atoms with E-state index in [0.29, 0.717) is 17.9 Å². The van der Waals surface area contributed by atoms with Crippen LogP contribution >= 0.6 is 15.9 Å². The van der Waals surface area contributed by atoms with Crippen LogP contribution in [-0.2, 0) is 6.54 Å². The lowest BCUT2D eigenvalue weighted by molar-refractivity contribution is 0.102. The number of carbonyl (C=O) groups is 1. The zero-order valence-corrected chi connectivity index (χ0v) is 16.2. The van der Waals surface area contributed by atoms with Crippen LogP contribution in [0.15, 0.2) is 77.8 Å². The van der Waals surface area contributed by atoms with Crippen LogP contribution in [0.4, 0.5) is 5.95 Å². The van der Waals surface area contributed by atoms with Crippen molar-refractivity contribution < 1.29 is 4.79 Å². The van der Waals surface area contributed by atoms with Crippen molar-refractivity contribution in [3.8, 4) is 11.4 Å². The Kier molecular flexibility index (Phi) is 5.20. The van der Waals surface area contributed by atoms with E-state index in [-0.39, 0.29) is 11.9 Å². The van der Waals surface area contributed by atoms with E-state index < -0.39 is 0 Å². The Morgan fingerprint density at radius 2 is 1.68 bits per heavy atom. The third-order valence-corrected chi connectivity index (χ3v) is 4.49. The number of anilines is 1. The molecule has 0 atom stereocenters. The molecular formula is C20H15BrN6O. The number of benzene rings is 2. The Bertz CT molecular complexity index is 1080. The molecular weight excluding hydrogens is 420 g/mol. The van der Waals surface area contributed by atoms with Gasteiger partial charge in [0.25, 0.3) is 5.91 Å². The summed E-state index contributed by atoms with van der Waals surface area (Å²) < 4.78 is 2.68. The van der Waals surface area contributed by atoms with Gasteiger partial charge in [-0.1, -0.05) is 58.4 Å². The van der Waals surface area contributed by atoms with E-state index in [1.165, 1.54) is 12.4 Å². The summed E-state index contributed by atoms with van der Waals surface area (Å²) in [4.78, 5) is 25.0.